The predicted octanol–water partition coefficient (Wildman–Crippen LogP) is 1.87. The van der Waals surface area contributed by atoms with Crippen molar-refractivity contribution in [1.82, 2.24) is 0 Å². The minimum absolute atomic E-state index is 0.0236. The van der Waals surface area contributed by atoms with Crippen LogP contribution in [0.15, 0.2) is 24.3 Å². The molecule has 0 amide bonds. The number of morpholine rings is 1. The molecule has 2 N–H and O–H groups in total. The average molecular weight is 260 g/mol. The number of ether oxygens (including phenoxy) is 1. The third-order valence-corrected chi connectivity index (χ3v) is 3.03. The Hall–Kier alpha value is -1.27. The van der Waals surface area contributed by atoms with Crippen molar-refractivity contribution in [2.45, 2.75) is 12.2 Å². The highest BCUT2D eigenvalue weighted by Crippen LogP contribution is 2.31. The number of rotatable bonds is 2. The van der Waals surface area contributed by atoms with Crippen LogP contribution in [0.4, 0.5) is 18.9 Å². The molecule has 1 aliphatic heterocycles. The van der Waals surface area contributed by atoms with E-state index in [-0.39, 0.29) is 6.04 Å². The molecule has 1 unspecified atom stereocenters. The fourth-order valence-corrected chi connectivity index (χ4v) is 2.03. The Labute approximate surface area is 103 Å². The number of hydrogen-bond donors (Lipinski definition) is 1. The molecule has 0 saturated carbocycles. The molecule has 1 saturated heterocycles. The lowest BCUT2D eigenvalue weighted by atomic mass is 10.1. The van der Waals surface area contributed by atoms with E-state index in [0.717, 1.165) is 17.8 Å². The van der Waals surface area contributed by atoms with E-state index in [1.807, 2.05) is 4.90 Å². The smallest absolute Gasteiger partial charge is 0.377 e. The van der Waals surface area contributed by atoms with Gasteiger partial charge in [0.05, 0.1) is 24.8 Å². The van der Waals surface area contributed by atoms with Gasteiger partial charge in [-0.3, -0.25) is 0 Å². The molecule has 0 bridgehead atoms. The molecular weight excluding hydrogens is 245 g/mol. The Kier molecular flexibility index (Phi) is 3.77. The van der Waals surface area contributed by atoms with Crippen LogP contribution < -0.4 is 10.6 Å². The van der Waals surface area contributed by atoms with Gasteiger partial charge in [-0.1, -0.05) is 0 Å². The molecule has 1 atom stereocenters. The maximum absolute atomic E-state index is 12.5. The predicted molar refractivity (Wildman–Crippen MR) is 62.5 cm³/mol. The Morgan fingerprint density at radius 2 is 1.94 bits per heavy atom. The van der Waals surface area contributed by atoms with Crippen LogP contribution in [0.1, 0.15) is 5.56 Å². The fraction of sp³-hybridized carbons (Fsp3) is 0.500. The van der Waals surface area contributed by atoms with Gasteiger partial charge < -0.3 is 15.4 Å². The van der Waals surface area contributed by atoms with Crippen molar-refractivity contribution in [2.24, 2.45) is 5.73 Å². The molecule has 6 heteroatoms. The van der Waals surface area contributed by atoms with Gasteiger partial charge in [-0.25, -0.2) is 0 Å². The second-order valence-electron chi connectivity index (χ2n) is 4.20. The zero-order chi connectivity index (χ0) is 13.2. The first kappa shape index (κ1) is 13.2. The first-order valence-electron chi connectivity index (χ1n) is 5.74. The van der Waals surface area contributed by atoms with Crippen molar-refractivity contribution in [1.29, 1.82) is 0 Å². The van der Waals surface area contributed by atoms with E-state index < -0.39 is 11.7 Å². The van der Waals surface area contributed by atoms with Gasteiger partial charge in [0.25, 0.3) is 0 Å². The van der Waals surface area contributed by atoms with E-state index in [9.17, 15) is 13.2 Å². The normalized spacial score (nSPS) is 21.1. The molecule has 0 aromatic heterocycles. The van der Waals surface area contributed by atoms with Gasteiger partial charge in [0.2, 0.25) is 0 Å². The topological polar surface area (TPSA) is 38.5 Å². The first-order chi connectivity index (χ1) is 8.52. The van der Waals surface area contributed by atoms with E-state index in [0.29, 0.717) is 26.3 Å². The highest BCUT2D eigenvalue weighted by molar-refractivity contribution is 5.49. The van der Waals surface area contributed by atoms with E-state index in [4.69, 9.17) is 10.5 Å². The molecule has 1 fully saturated rings. The largest absolute Gasteiger partial charge is 0.416 e. The second-order valence-corrected chi connectivity index (χ2v) is 4.20. The highest BCUT2D eigenvalue weighted by atomic mass is 19.4. The molecule has 0 radical (unpaired) electrons. The summed E-state index contributed by atoms with van der Waals surface area (Å²) >= 11 is 0. The summed E-state index contributed by atoms with van der Waals surface area (Å²) in [6, 6.07) is 5.18. The van der Waals surface area contributed by atoms with E-state index in [1.54, 1.807) is 0 Å². The quantitative estimate of drug-likeness (QED) is 0.882. The third-order valence-electron chi connectivity index (χ3n) is 3.03. The first-order valence-corrected chi connectivity index (χ1v) is 5.74. The minimum atomic E-state index is -4.29. The van der Waals surface area contributed by atoms with Crippen LogP contribution >= 0.6 is 0 Å². The molecule has 100 valence electrons. The van der Waals surface area contributed by atoms with Crippen LogP contribution in [0.2, 0.25) is 0 Å². The summed E-state index contributed by atoms with van der Waals surface area (Å²) in [5, 5.41) is 0. The van der Waals surface area contributed by atoms with Crippen molar-refractivity contribution in [2.75, 3.05) is 31.2 Å². The summed E-state index contributed by atoms with van der Waals surface area (Å²) < 4.78 is 42.7. The number of halogens is 3. The molecule has 1 aromatic carbocycles. The highest BCUT2D eigenvalue weighted by Gasteiger charge is 2.30. The SMILES string of the molecule is NCC1COCCN1c1ccc(C(F)(F)F)cc1. The Bertz CT molecular complexity index is 391. The Morgan fingerprint density at radius 3 is 2.50 bits per heavy atom. The lowest BCUT2D eigenvalue weighted by Crippen LogP contribution is -2.49. The number of nitrogens with two attached hydrogens (primary N) is 1. The van der Waals surface area contributed by atoms with Crippen LogP contribution in [-0.4, -0.2) is 32.3 Å². The van der Waals surface area contributed by atoms with Crippen LogP contribution in [0.5, 0.6) is 0 Å². The van der Waals surface area contributed by atoms with Crippen molar-refractivity contribution >= 4 is 5.69 Å². The lowest BCUT2D eigenvalue weighted by Gasteiger charge is -2.36. The number of anilines is 1. The number of alkyl halides is 3. The van der Waals surface area contributed by atoms with E-state index in [2.05, 4.69) is 0 Å². The summed E-state index contributed by atoms with van der Waals surface area (Å²) in [7, 11) is 0. The van der Waals surface area contributed by atoms with Crippen LogP contribution in [0.25, 0.3) is 0 Å². The van der Waals surface area contributed by atoms with Crippen LogP contribution in [-0.2, 0) is 10.9 Å². The van der Waals surface area contributed by atoms with Gasteiger partial charge in [0, 0.05) is 18.8 Å². The maximum Gasteiger partial charge on any atom is 0.416 e. The number of nitrogens with zero attached hydrogens (tertiary/aromatic N) is 1. The van der Waals surface area contributed by atoms with Gasteiger partial charge in [0.1, 0.15) is 0 Å². The van der Waals surface area contributed by atoms with Gasteiger partial charge in [0.15, 0.2) is 0 Å². The minimum Gasteiger partial charge on any atom is -0.377 e. The van der Waals surface area contributed by atoms with Crippen LogP contribution in [0, 0.1) is 0 Å². The molecule has 0 spiro atoms. The summed E-state index contributed by atoms with van der Waals surface area (Å²) in [5.41, 5.74) is 5.74. The zero-order valence-corrected chi connectivity index (χ0v) is 9.78. The molecule has 3 nitrogen and oxygen atoms in total. The summed E-state index contributed by atoms with van der Waals surface area (Å²) in [6.07, 6.45) is -4.29. The van der Waals surface area contributed by atoms with E-state index >= 15 is 0 Å². The van der Waals surface area contributed by atoms with Crippen molar-refractivity contribution in [3.63, 3.8) is 0 Å². The Morgan fingerprint density at radius 1 is 1.28 bits per heavy atom. The molecule has 1 aromatic rings. The van der Waals surface area contributed by atoms with Gasteiger partial charge in [-0.05, 0) is 24.3 Å². The Balaban J connectivity index is 2.18. The summed E-state index contributed by atoms with van der Waals surface area (Å²) in [6.45, 7) is 2.14. The number of hydrogen-bond acceptors (Lipinski definition) is 3. The van der Waals surface area contributed by atoms with Crippen LogP contribution in [0.3, 0.4) is 0 Å². The van der Waals surface area contributed by atoms with Crippen molar-refractivity contribution in [3.8, 4) is 0 Å². The van der Waals surface area contributed by atoms with Crippen molar-refractivity contribution in [3.05, 3.63) is 29.8 Å². The zero-order valence-electron chi connectivity index (χ0n) is 9.78. The summed E-state index contributed by atoms with van der Waals surface area (Å²) in [5.74, 6) is 0. The second kappa shape index (κ2) is 5.16. The maximum atomic E-state index is 12.5. The molecular formula is C12H15F3N2O. The standard InChI is InChI=1S/C12H15F3N2O/c13-12(14,15)9-1-3-10(4-2-9)17-5-6-18-8-11(17)7-16/h1-4,11H,5-8,16H2. The molecule has 18 heavy (non-hydrogen) atoms. The molecule has 1 heterocycles. The van der Waals surface area contributed by atoms with Crippen molar-refractivity contribution < 1.29 is 17.9 Å². The monoisotopic (exact) mass is 260 g/mol. The molecule has 2 rings (SSSR count). The van der Waals surface area contributed by atoms with E-state index in [1.165, 1.54) is 12.1 Å². The van der Waals surface area contributed by atoms with Gasteiger partial charge in [-0.15, -0.1) is 0 Å². The molecule has 1 aliphatic rings. The average Bonchev–Trinajstić information content (AvgIpc) is 2.38. The lowest BCUT2D eigenvalue weighted by molar-refractivity contribution is -0.137. The third kappa shape index (κ3) is 2.76. The van der Waals surface area contributed by atoms with Gasteiger partial charge >= 0.3 is 6.18 Å². The fourth-order valence-electron chi connectivity index (χ4n) is 2.03. The van der Waals surface area contributed by atoms with Gasteiger partial charge in [-0.2, -0.15) is 13.2 Å². The summed E-state index contributed by atoms with van der Waals surface area (Å²) in [4.78, 5) is 1.99. The molecule has 0 aliphatic carbocycles. The number of benzene rings is 1.